The lowest BCUT2D eigenvalue weighted by atomic mass is 9.90. The molecule has 5 heteroatoms. The van der Waals surface area contributed by atoms with Gasteiger partial charge in [-0.05, 0) is 25.1 Å². The number of anilines is 1. The molecule has 0 aliphatic carbocycles. The zero-order valence-electron chi connectivity index (χ0n) is 13.9. The van der Waals surface area contributed by atoms with Gasteiger partial charge in [0.1, 0.15) is 6.10 Å². The molecule has 0 aromatic heterocycles. The minimum atomic E-state index is -0.798. The highest BCUT2D eigenvalue weighted by molar-refractivity contribution is 6.04. The van der Waals surface area contributed by atoms with Crippen molar-refractivity contribution in [3.05, 3.63) is 65.7 Å². The Labute approximate surface area is 141 Å². The normalized spacial score (nSPS) is 25.4. The molecule has 1 amide bonds. The number of likely N-dealkylation sites (N-methyl/N-ethyl adjacent to an activating group) is 1. The summed E-state index contributed by atoms with van der Waals surface area (Å²) < 4.78 is 5.82. The van der Waals surface area contributed by atoms with E-state index in [0.717, 1.165) is 17.0 Å². The van der Waals surface area contributed by atoms with Crippen LogP contribution in [0.15, 0.2) is 59.7 Å². The number of benzene rings is 2. The van der Waals surface area contributed by atoms with Crippen LogP contribution in [0.25, 0.3) is 0 Å². The van der Waals surface area contributed by atoms with Gasteiger partial charge in [-0.3, -0.25) is 4.79 Å². The highest BCUT2D eigenvalue weighted by Crippen LogP contribution is 2.49. The monoisotopic (exact) mass is 321 g/mol. The van der Waals surface area contributed by atoms with E-state index in [9.17, 15) is 4.79 Å². The Bertz CT molecular complexity index is 834. The Morgan fingerprint density at radius 1 is 1.08 bits per heavy atom. The number of hydrogen-bond acceptors (Lipinski definition) is 4. The Kier molecular flexibility index (Phi) is 3.21. The number of carbonyl (C=O) groups is 1. The molecule has 5 nitrogen and oxygen atoms in total. The van der Waals surface area contributed by atoms with Crippen molar-refractivity contribution in [3.63, 3.8) is 0 Å². The van der Waals surface area contributed by atoms with Crippen LogP contribution >= 0.6 is 0 Å². The number of carbonyl (C=O) groups excluding carboxylic acids is 1. The zero-order chi connectivity index (χ0) is 16.9. The summed E-state index contributed by atoms with van der Waals surface area (Å²) in [7, 11) is 3.48. The maximum Gasteiger partial charge on any atom is 0.256 e. The lowest BCUT2D eigenvalue weighted by Crippen LogP contribution is -2.58. The number of hydrogen-bond donors (Lipinski definition) is 0. The first-order valence-electron chi connectivity index (χ1n) is 7.93. The summed E-state index contributed by atoms with van der Waals surface area (Å²) >= 11 is 0. The van der Waals surface area contributed by atoms with Crippen molar-refractivity contribution in [2.45, 2.75) is 18.7 Å². The summed E-state index contributed by atoms with van der Waals surface area (Å²) in [6, 6.07) is 17.6. The first-order chi connectivity index (χ1) is 11.6. The Hall–Kier alpha value is -2.66. The molecule has 122 valence electrons. The molecule has 2 aromatic carbocycles. The van der Waals surface area contributed by atoms with Gasteiger partial charge in [-0.15, -0.1) is 0 Å². The molecule has 2 aliphatic heterocycles. The van der Waals surface area contributed by atoms with E-state index in [1.165, 1.54) is 0 Å². The van der Waals surface area contributed by atoms with Crippen LogP contribution < -0.4 is 5.01 Å². The quantitative estimate of drug-likeness (QED) is 0.854. The Morgan fingerprint density at radius 3 is 2.46 bits per heavy atom. The van der Waals surface area contributed by atoms with Crippen LogP contribution in [0.3, 0.4) is 0 Å². The van der Waals surface area contributed by atoms with Gasteiger partial charge in [0, 0.05) is 25.3 Å². The van der Waals surface area contributed by atoms with E-state index in [4.69, 9.17) is 9.84 Å². The number of fused-ring (bicyclic) bond motifs is 2. The Balaban J connectivity index is 2.01. The molecule has 0 saturated heterocycles. The molecule has 2 atom stereocenters. The second-order valence-corrected chi connectivity index (χ2v) is 6.14. The third-order valence-corrected chi connectivity index (χ3v) is 4.93. The van der Waals surface area contributed by atoms with Crippen molar-refractivity contribution in [2.75, 3.05) is 19.2 Å². The summed E-state index contributed by atoms with van der Waals surface area (Å²) in [5.41, 5.74) is 2.60. The van der Waals surface area contributed by atoms with Crippen LogP contribution in [0.2, 0.25) is 0 Å². The topological polar surface area (TPSA) is 45.1 Å². The van der Waals surface area contributed by atoms with Crippen molar-refractivity contribution in [1.82, 2.24) is 4.90 Å². The fourth-order valence-electron chi connectivity index (χ4n) is 3.93. The molecule has 0 radical (unpaired) electrons. The Morgan fingerprint density at radius 2 is 1.75 bits per heavy atom. The van der Waals surface area contributed by atoms with Crippen LogP contribution in [0.1, 0.15) is 22.8 Å². The van der Waals surface area contributed by atoms with Crippen LogP contribution in [-0.2, 0) is 10.4 Å². The van der Waals surface area contributed by atoms with Crippen molar-refractivity contribution in [2.24, 2.45) is 5.10 Å². The number of amides is 1. The molecule has 0 bridgehead atoms. The average Bonchev–Trinajstić information content (AvgIpc) is 3.04. The maximum atomic E-state index is 12.9. The molecule has 1 spiro atoms. The average molecular weight is 321 g/mol. The first kappa shape index (κ1) is 14.9. The number of nitrogens with zero attached hydrogens (tertiary/aromatic N) is 3. The minimum Gasteiger partial charge on any atom is -0.370 e. The number of hydrazone groups is 1. The van der Waals surface area contributed by atoms with Gasteiger partial charge in [0.15, 0.2) is 5.66 Å². The molecule has 0 fully saturated rings. The molecular weight excluding hydrogens is 302 g/mol. The first-order valence-corrected chi connectivity index (χ1v) is 7.93. The van der Waals surface area contributed by atoms with E-state index in [1.54, 1.807) is 12.0 Å². The van der Waals surface area contributed by atoms with Crippen molar-refractivity contribution >= 4 is 17.3 Å². The van der Waals surface area contributed by atoms with Gasteiger partial charge in [0.05, 0.1) is 11.4 Å². The third kappa shape index (κ3) is 1.67. The molecule has 2 aromatic rings. The molecule has 24 heavy (non-hydrogen) atoms. The standard InChI is InChI=1S/C19H19N3O2/c1-13-17(24-3)19(22(20-13)14-9-5-4-6-10-14)16-12-8-7-11-15(16)18(23)21(19)2/h4-12,17H,1-3H3/t17-,19-/m0/s1. The van der Waals surface area contributed by atoms with Gasteiger partial charge in [-0.2, -0.15) is 5.10 Å². The van der Waals surface area contributed by atoms with E-state index in [-0.39, 0.29) is 12.0 Å². The van der Waals surface area contributed by atoms with Crippen molar-refractivity contribution < 1.29 is 9.53 Å². The minimum absolute atomic E-state index is 0.0153. The molecule has 2 heterocycles. The highest BCUT2D eigenvalue weighted by atomic mass is 16.5. The lowest BCUT2D eigenvalue weighted by molar-refractivity contribution is 0.01000. The van der Waals surface area contributed by atoms with Crippen LogP contribution in [0, 0.1) is 0 Å². The van der Waals surface area contributed by atoms with E-state index in [0.29, 0.717) is 5.56 Å². The molecule has 0 N–H and O–H groups in total. The lowest BCUT2D eigenvalue weighted by Gasteiger charge is -2.43. The number of methoxy groups -OCH3 is 1. The smallest absolute Gasteiger partial charge is 0.256 e. The van der Waals surface area contributed by atoms with Crippen molar-refractivity contribution in [1.29, 1.82) is 0 Å². The third-order valence-electron chi connectivity index (χ3n) is 4.93. The van der Waals surface area contributed by atoms with Gasteiger partial charge in [0.25, 0.3) is 5.91 Å². The van der Waals surface area contributed by atoms with Gasteiger partial charge in [-0.25, -0.2) is 5.01 Å². The van der Waals surface area contributed by atoms with Crippen LogP contribution in [-0.4, -0.2) is 36.8 Å². The predicted octanol–water partition coefficient (Wildman–Crippen LogP) is 2.84. The van der Waals surface area contributed by atoms with E-state index in [2.05, 4.69) is 0 Å². The summed E-state index contributed by atoms with van der Waals surface area (Å²) in [5.74, 6) is -0.0153. The summed E-state index contributed by atoms with van der Waals surface area (Å²) in [4.78, 5) is 14.6. The SMILES string of the molecule is CO[C@H]1C(C)=NN(c2ccccc2)[C@@]12c1ccccc1C(=O)N2C. The van der Waals surface area contributed by atoms with E-state index >= 15 is 0 Å². The predicted molar refractivity (Wildman–Crippen MR) is 93.0 cm³/mol. The van der Waals surface area contributed by atoms with Gasteiger partial charge in [0.2, 0.25) is 0 Å². The second-order valence-electron chi connectivity index (χ2n) is 6.14. The summed E-state index contributed by atoms with van der Waals surface area (Å²) in [6.45, 7) is 1.94. The van der Waals surface area contributed by atoms with Crippen LogP contribution in [0.4, 0.5) is 5.69 Å². The molecular formula is C19H19N3O2. The van der Waals surface area contributed by atoms with Gasteiger partial charge in [-0.1, -0.05) is 36.4 Å². The van der Waals surface area contributed by atoms with Gasteiger partial charge >= 0.3 is 0 Å². The second kappa shape index (κ2) is 5.18. The summed E-state index contributed by atoms with van der Waals surface area (Å²) in [5, 5.41) is 6.68. The maximum absolute atomic E-state index is 12.9. The van der Waals surface area contributed by atoms with E-state index in [1.807, 2.05) is 73.6 Å². The molecule has 0 unspecified atom stereocenters. The van der Waals surface area contributed by atoms with Crippen molar-refractivity contribution in [3.8, 4) is 0 Å². The largest absolute Gasteiger partial charge is 0.370 e. The highest BCUT2D eigenvalue weighted by Gasteiger charge is 2.61. The van der Waals surface area contributed by atoms with Crippen LogP contribution in [0.5, 0.6) is 0 Å². The number of para-hydroxylation sites is 1. The molecule has 4 rings (SSSR count). The fraction of sp³-hybridized carbons (Fsp3) is 0.263. The summed E-state index contributed by atoms with van der Waals surface area (Å²) in [6.07, 6.45) is -0.338. The number of ether oxygens (including phenoxy) is 1. The fourth-order valence-corrected chi connectivity index (χ4v) is 3.93. The zero-order valence-corrected chi connectivity index (χ0v) is 13.9. The molecule has 2 aliphatic rings. The molecule has 0 saturated carbocycles. The van der Waals surface area contributed by atoms with E-state index < -0.39 is 5.66 Å². The number of rotatable bonds is 2. The van der Waals surface area contributed by atoms with Gasteiger partial charge < -0.3 is 9.64 Å².